The molecule has 1 aromatic carbocycles. The summed E-state index contributed by atoms with van der Waals surface area (Å²) in [6.07, 6.45) is -0.892. The van der Waals surface area contributed by atoms with Crippen molar-refractivity contribution in [3.8, 4) is 11.5 Å². The second kappa shape index (κ2) is 6.83. The number of aromatic nitrogens is 2. The number of ketones is 1. The fraction of sp³-hybridized carbons (Fsp3) is 0.500. The lowest BCUT2D eigenvalue weighted by atomic mass is 9.94. The van der Waals surface area contributed by atoms with Crippen LogP contribution >= 0.6 is 0 Å². The Morgan fingerprint density at radius 2 is 1.88 bits per heavy atom. The monoisotopic (exact) mass is 369 g/mol. The maximum absolute atomic E-state index is 14.5. The number of benzene rings is 1. The third-order valence-corrected chi connectivity index (χ3v) is 4.00. The maximum atomic E-state index is 14.5. The first-order valence-corrected chi connectivity index (χ1v) is 8.12. The fourth-order valence-electron chi connectivity index (χ4n) is 2.40. The van der Waals surface area contributed by atoms with E-state index in [1.54, 1.807) is 0 Å². The number of nitrogens with zero attached hydrogens (tertiary/aromatic N) is 2. The average Bonchev–Trinajstić information content (AvgIpc) is 2.98. The van der Waals surface area contributed by atoms with Crippen molar-refractivity contribution in [3.63, 3.8) is 0 Å². The molecule has 2 rings (SSSR count). The van der Waals surface area contributed by atoms with Crippen molar-refractivity contribution < 1.29 is 22.4 Å². The first-order valence-electron chi connectivity index (χ1n) is 8.12. The van der Waals surface area contributed by atoms with E-state index in [2.05, 4.69) is 10.2 Å². The number of hydrogen-bond acceptors (Lipinski definition) is 5. The Balaban J connectivity index is 2.42. The zero-order valence-corrected chi connectivity index (χ0v) is 15.4. The highest BCUT2D eigenvalue weighted by Crippen LogP contribution is 2.38. The Hall–Kier alpha value is -2.22. The highest BCUT2D eigenvalue weighted by molar-refractivity contribution is 5.81. The molecule has 0 bridgehead atoms. The van der Waals surface area contributed by atoms with Crippen LogP contribution in [0.25, 0.3) is 11.5 Å². The van der Waals surface area contributed by atoms with E-state index < -0.39 is 41.0 Å². The molecule has 8 heteroatoms. The van der Waals surface area contributed by atoms with Crippen LogP contribution < -0.4 is 5.73 Å². The molecule has 2 N–H and O–H groups in total. The van der Waals surface area contributed by atoms with Crippen LogP contribution in [0.3, 0.4) is 0 Å². The van der Waals surface area contributed by atoms with Crippen molar-refractivity contribution in [1.82, 2.24) is 10.2 Å². The standard InChI is InChI=1S/C18H22F3N3O2/c1-9-6-11(15-23-24-16(26-15)17(3,4)5)13(19)7-12(9)18(20,21)8-14(22)10(2)25/h6-7,14H,8,22H2,1-5H3. The highest BCUT2D eigenvalue weighted by Gasteiger charge is 2.37. The average molecular weight is 369 g/mol. The van der Waals surface area contributed by atoms with Crippen molar-refractivity contribution in [2.75, 3.05) is 0 Å². The van der Waals surface area contributed by atoms with Crippen LogP contribution in [-0.2, 0) is 16.1 Å². The van der Waals surface area contributed by atoms with Gasteiger partial charge in [-0.15, -0.1) is 10.2 Å². The predicted octanol–water partition coefficient (Wildman–Crippen LogP) is 3.88. The van der Waals surface area contributed by atoms with Gasteiger partial charge in [0.25, 0.3) is 11.8 Å². The van der Waals surface area contributed by atoms with Gasteiger partial charge < -0.3 is 10.2 Å². The first-order chi connectivity index (χ1) is 11.8. The minimum absolute atomic E-state index is 0.0547. The lowest BCUT2D eigenvalue weighted by Crippen LogP contribution is -2.34. The first kappa shape index (κ1) is 20.1. The van der Waals surface area contributed by atoms with E-state index in [-0.39, 0.29) is 17.0 Å². The van der Waals surface area contributed by atoms with E-state index >= 15 is 0 Å². The predicted molar refractivity (Wildman–Crippen MR) is 90.3 cm³/mol. The molecule has 0 saturated heterocycles. The van der Waals surface area contributed by atoms with Crippen molar-refractivity contribution in [2.24, 2.45) is 5.73 Å². The Bertz CT molecular complexity index is 826. The number of rotatable bonds is 5. The molecule has 1 atom stereocenters. The molecule has 1 unspecified atom stereocenters. The largest absolute Gasteiger partial charge is 0.420 e. The minimum Gasteiger partial charge on any atom is -0.420 e. The molecule has 0 saturated carbocycles. The van der Waals surface area contributed by atoms with E-state index in [4.69, 9.17) is 10.2 Å². The molecule has 1 aromatic heterocycles. The topological polar surface area (TPSA) is 82.0 Å². The third kappa shape index (κ3) is 4.12. The van der Waals surface area contributed by atoms with E-state index in [0.717, 1.165) is 13.0 Å². The van der Waals surface area contributed by atoms with Crippen LogP contribution in [0.15, 0.2) is 16.5 Å². The lowest BCUT2D eigenvalue weighted by molar-refractivity contribution is -0.121. The summed E-state index contributed by atoms with van der Waals surface area (Å²) in [5, 5.41) is 7.69. The fourth-order valence-corrected chi connectivity index (χ4v) is 2.40. The van der Waals surface area contributed by atoms with Gasteiger partial charge in [-0.05, 0) is 31.5 Å². The van der Waals surface area contributed by atoms with Gasteiger partial charge in [-0.1, -0.05) is 20.8 Å². The normalized spacial score (nSPS) is 13.7. The Labute approximate surface area is 149 Å². The summed E-state index contributed by atoms with van der Waals surface area (Å²) in [4.78, 5) is 11.2. The quantitative estimate of drug-likeness (QED) is 0.865. The third-order valence-electron chi connectivity index (χ3n) is 4.00. The maximum Gasteiger partial charge on any atom is 0.275 e. The van der Waals surface area contributed by atoms with Gasteiger partial charge in [0.2, 0.25) is 5.89 Å². The number of carbonyl (C=O) groups excluding carboxylic acids is 1. The smallest absolute Gasteiger partial charge is 0.275 e. The van der Waals surface area contributed by atoms with Crippen molar-refractivity contribution in [3.05, 3.63) is 35.0 Å². The van der Waals surface area contributed by atoms with E-state index in [1.165, 1.54) is 13.0 Å². The molecular formula is C18H22F3N3O2. The number of carbonyl (C=O) groups is 1. The Morgan fingerprint density at radius 3 is 2.38 bits per heavy atom. The molecule has 26 heavy (non-hydrogen) atoms. The molecular weight excluding hydrogens is 347 g/mol. The molecule has 0 radical (unpaired) electrons. The van der Waals surface area contributed by atoms with Gasteiger partial charge in [0, 0.05) is 17.4 Å². The lowest BCUT2D eigenvalue weighted by Gasteiger charge is -2.22. The van der Waals surface area contributed by atoms with Gasteiger partial charge in [-0.2, -0.15) is 0 Å². The van der Waals surface area contributed by atoms with Gasteiger partial charge in [0.15, 0.2) is 0 Å². The van der Waals surface area contributed by atoms with E-state index in [9.17, 15) is 18.0 Å². The van der Waals surface area contributed by atoms with Gasteiger partial charge in [0.05, 0.1) is 11.6 Å². The summed E-state index contributed by atoms with van der Waals surface area (Å²) < 4.78 is 48.9. The number of Topliss-reactive ketones (excluding diaryl/α,β-unsaturated/α-hetero) is 1. The molecule has 2 aromatic rings. The van der Waals surface area contributed by atoms with Crippen LogP contribution in [0, 0.1) is 12.7 Å². The molecule has 0 aliphatic carbocycles. The Kier molecular flexibility index (Phi) is 5.28. The van der Waals surface area contributed by atoms with Crippen LogP contribution in [-0.4, -0.2) is 22.0 Å². The number of halogens is 3. The molecule has 0 fully saturated rings. The zero-order chi connectivity index (χ0) is 19.9. The van der Waals surface area contributed by atoms with Crippen LogP contribution in [0.2, 0.25) is 0 Å². The van der Waals surface area contributed by atoms with Gasteiger partial charge >= 0.3 is 0 Å². The number of aryl methyl sites for hydroxylation is 1. The molecule has 0 aliphatic rings. The molecule has 0 aliphatic heterocycles. The molecule has 0 amide bonds. The van der Waals surface area contributed by atoms with Crippen molar-refractivity contribution >= 4 is 5.78 Å². The van der Waals surface area contributed by atoms with Gasteiger partial charge in [-0.3, -0.25) is 4.79 Å². The van der Waals surface area contributed by atoms with Gasteiger partial charge in [0.1, 0.15) is 11.6 Å². The molecule has 0 spiro atoms. The van der Waals surface area contributed by atoms with E-state index in [1.807, 2.05) is 20.8 Å². The highest BCUT2D eigenvalue weighted by atomic mass is 19.3. The molecule has 5 nitrogen and oxygen atoms in total. The number of alkyl halides is 2. The van der Waals surface area contributed by atoms with Crippen molar-refractivity contribution in [2.45, 2.75) is 58.4 Å². The summed E-state index contributed by atoms with van der Waals surface area (Å²) in [7, 11) is 0. The summed E-state index contributed by atoms with van der Waals surface area (Å²) in [5.74, 6) is -4.68. The van der Waals surface area contributed by atoms with Crippen LogP contribution in [0.1, 0.15) is 51.1 Å². The SMILES string of the molecule is CC(=O)C(N)CC(F)(F)c1cc(F)c(-c2nnc(C(C)(C)C)o2)cc1C. The second-order valence-corrected chi connectivity index (χ2v) is 7.44. The molecule has 1 heterocycles. The zero-order valence-electron chi connectivity index (χ0n) is 15.4. The summed E-state index contributed by atoms with van der Waals surface area (Å²) >= 11 is 0. The van der Waals surface area contributed by atoms with Gasteiger partial charge in [-0.25, -0.2) is 13.2 Å². The van der Waals surface area contributed by atoms with E-state index in [0.29, 0.717) is 5.89 Å². The summed E-state index contributed by atoms with van der Waals surface area (Å²) in [6.45, 7) is 8.13. The molecule has 142 valence electrons. The Morgan fingerprint density at radius 1 is 1.27 bits per heavy atom. The number of hydrogen-bond donors (Lipinski definition) is 1. The van der Waals surface area contributed by atoms with Crippen LogP contribution in [0.4, 0.5) is 13.2 Å². The minimum atomic E-state index is -3.44. The van der Waals surface area contributed by atoms with Crippen LogP contribution in [0.5, 0.6) is 0 Å². The second-order valence-electron chi connectivity index (χ2n) is 7.44. The number of nitrogens with two attached hydrogens (primary N) is 1. The summed E-state index contributed by atoms with van der Waals surface area (Å²) in [6, 6.07) is 0.647. The summed E-state index contributed by atoms with van der Waals surface area (Å²) in [5.41, 5.74) is 4.57. The van der Waals surface area contributed by atoms with Crippen molar-refractivity contribution in [1.29, 1.82) is 0 Å².